The van der Waals surface area contributed by atoms with E-state index in [4.69, 9.17) is 0 Å². The summed E-state index contributed by atoms with van der Waals surface area (Å²) >= 11 is 1.54. The Morgan fingerprint density at radius 3 is 2.60 bits per heavy atom. The van der Waals surface area contributed by atoms with Crippen LogP contribution in [0.1, 0.15) is 6.92 Å². The van der Waals surface area contributed by atoms with E-state index in [1.165, 1.54) is 0 Å². The molecule has 1 aliphatic carbocycles. The summed E-state index contributed by atoms with van der Waals surface area (Å²) in [5.41, 5.74) is 0. The molecule has 0 bridgehead atoms. The molecule has 0 amide bonds. The molecule has 1 rings (SSSR count). The smallest absolute Gasteiger partial charge is 0.136 e. The number of halogens is 1. The molecule has 0 fully saturated rings. The number of rotatable bonds is 1. The van der Waals surface area contributed by atoms with E-state index in [0.717, 1.165) is 0 Å². The molecule has 0 N–H and O–H groups in total. The van der Waals surface area contributed by atoms with Crippen molar-refractivity contribution in [1.82, 2.24) is 0 Å². The van der Waals surface area contributed by atoms with Gasteiger partial charge in [0.05, 0.1) is 4.75 Å². The molecule has 0 saturated heterocycles. The first-order chi connectivity index (χ1) is 4.69. The maximum absolute atomic E-state index is 13.1. The van der Waals surface area contributed by atoms with Gasteiger partial charge >= 0.3 is 0 Å². The van der Waals surface area contributed by atoms with Crippen molar-refractivity contribution in [2.24, 2.45) is 0 Å². The molecular formula is C8H11FS. The lowest BCUT2D eigenvalue weighted by Crippen LogP contribution is -2.29. The van der Waals surface area contributed by atoms with Crippen LogP contribution in [0.5, 0.6) is 0 Å². The van der Waals surface area contributed by atoms with Crippen molar-refractivity contribution in [2.75, 3.05) is 6.26 Å². The zero-order chi connectivity index (χ0) is 7.61. The van der Waals surface area contributed by atoms with Crippen molar-refractivity contribution < 1.29 is 4.39 Å². The number of alkyl halides is 1. The third kappa shape index (κ3) is 1.26. The van der Waals surface area contributed by atoms with Gasteiger partial charge in [0.1, 0.15) is 6.17 Å². The van der Waals surface area contributed by atoms with Gasteiger partial charge in [-0.15, -0.1) is 0 Å². The van der Waals surface area contributed by atoms with Crippen LogP contribution in [0.15, 0.2) is 24.3 Å². The number of thioether (sulfide) groups is 1. The fourth-order valence-corrected chi connectivity index (χ4v) is 1.39. The van der Waals surface area contributed by atoms with Gasteiger partial charge in [0.2, 0.25) is 0 Å². The van der Waals surface area contributed by atoms with Gasteiger partial charge in [-0.2, -0.15) is 11.8 Å². The second-order valence-corrected chi connectivity index (χ2v) is 3.82. The van der Waals surface area contributed by atoms with Gasteiger partial charge in [-0.3, -0.25) is 0 Å². The van der Waals surface area contributed by atoms with E-state index in [1.54, 1.807) is 23.9 Å². The highest BCUT2D eigenvalue weighted by atomic mass is 32.2. The van der Waals surface area contributed by atoms with Gasteiger partial charge in [0, 0.05) is 0 Å². The molecular weight excluding hydrogens is 147 g/mol. The van der Waals surface area contributed by atoms with E-state index < -0.39 is 6.17 Å². The molecule has 0 nitrogen and oxygen atoms in total. The van der Waals surface area contributed by atoms with Crippen LogP contribution < -0.4 is 0 Å². The van der Waals surface area contributed by atoms with Crippen LogP contribution in [0.25, 0.3) is 0 Å². The maximum Gasteiger partial charge on any atom is 0.136 e. The van der Waals surface area contributed by atoms with Crippen molar-refractivity contribution in [3.05, 3.63) is 24.3 Å². The van der Waals surface area contributed by atoms with E-state index in [0.29, 0.717) is 0 Å². The number of allylic oxidation sites excluding steroid dienone is 3. The molecule has 10 heavy (non-hydrogen) atoms. The van der Waals surface area contributed by atoms with Crippen molar-refractivity contribution in [3.8, 4) is 0 Å². The van der Waals surface area contributed by atoms with Crippen LogP contribution in [0.3, 0.4) is 0 Å². The largest absolute Gasteiger partial charge is 0.241 e. The summed E-state index contributed by atoms with van der Waals surface area (Å²) in [6.45, 7) is 1.91. The Kier molecular flexibility index (Phi) is 2.19. The Morgan fingerprint density at radius 2 is 2.20 bits per heavy atom. The molecule has 0 aromatic rings. The van der Waals surface area contributed by atoms with E-state index >= 15 is 0 Å². The molecule has 2 heteroatoms. The van der Waals surface area contributed by atoms with Crippen LogP contribution >= 0.6 is 11.8 Å². The van der Waals surface area contributed by atoms with Crippen LogP contribution in [0, 0.1) is 0 Å². The average molecular weight is 158 g/mol. The van der Waals surface area contributed by atoms with Gasteiger partial charge in [-0.25, -0.2) is 4.39 Å². The third-order valence-corrected chi connectivity index (χ3v) is 3.05. The van der Waals surface area contributed by atoms with Crippen molar-refractivity contribution >= 4 is 11.8 Å². The zero-order valence-corrected chi connectivity index (χ0v) is 6.99. The fraction of sp³-hybridized carbons (Fsp3) is 0.500. The molecule has 0 aromatic heterocycles. The summed E-state index contributed by atoms with van der Waals surface area (Å²) in [4.78, 5) is 0. The van der Waals surface area contributed by atoms with Gasteiger partial charge in [-0.1, -0.05) is 18.2 Å². The molecule has 2 atom stereocenters. The summed E-state index contributed by atoms with van der Waals surface area (Å²) in [6, 6.07) is 0. The van der Waals surface area contributed by atoms with E-state index in [1.807, 2.05) is 25.3 Å². The van der Waals surface area contributed by atoms with Crippen LogP contribution in [0.2, 0.25) is 0 Å². The van der Waals surface area contributed by atoms with Crippen molar-refractivity contribution in [3.63, 3.8) is 0 Å². The monoisotopic (exact) mass is 158 g/mol. The lowest BCUT2D eigenvalue weighted by atomic mass is 10.0. The molecule has 56 valence electrons. The second kappa shape index (κ2) is 2.79. The number of hydrogen-bond donors (Lipinski definition) is 0. The summed E-state index contributed by atoms with van der Waals surface area (Å²) in [5, 5.41) is 0. The summed E-state index contributed by atoms with van der Waals surface area (Å²) < 4.78 is 12.7. The summed E-state index contributed by atoms with van der Waals surface area (Å²) in [5.74, 6) is 0. The maximum atomic E-state index is 13.1. The molecule has 2 unspecified atom stereocenters. The summed E-state index contributed by atoms with van der Waals surface area (Å²) in [7, 11) is 0. The highest BCUT2D eigenvalue weighted by Gasteiger charge is 2.30. The predicted molar refractivity (Wildman–Crippen MR) is 45.1 cm³/mol. The molecule has 1 aliphatic rings. The Balaban J connectivity index is 2.77. The molecule has 0 aromatic carbocycles. The van der Waals surface area contributed by atoms with Gasteiger partial charge in [0.15, 0.2) is 0 Å². The van der Waals surface area contributed by atoms with Crippen LogP contribution in [-0.2, 0) is 0 Å². The van der Waals surface area contributed by atoms with E-state index in [9.17, 15) is 4.39 Å². The molecule has 0 saturated carbocycles. The first-order valence-electron chi connectivity index (χ1n) is 3.24. The highest BCUT2D eigenvalue weighted by Crippen LogP contribution is 2.32. The first kappa shape index (κ1) is 7.86. The van der Waals surface area contributed by atoms with Gasteiger partial charge < -0.3 is 0 Å². The molecule has 0 aliphatic heterocycles. The zero-order valence-electron chi connectivity index (χ0n) is 6.17. The topological polar surface area (TPSA) is 0 Å². The van der Waals surface area contributed by atoms with Crippen LogP contribution in [-0.4, -0.2) is 17.2 Å². The highest BCUT2D eigenvalue weighted by molar-refractivity contribution is 8.00. The molecule has 0 spiro atoms. The fourth-order valence-electron chi connectivity index (χ4n) is 0.872. The lowest BCUT2D eigenvalue weighted by Gasteiger charge is -2.27. The van der Waals surface area contributed by atoms with E-state index in [2.05, 4.69) is 0 Å². The SMILES string of the molecule is CSC1(C)C=CC=CC1F. The normalized spacial score (nSPS) is 38.5. The number of hydrogen-bond acceptors (Lipinski definition) is 1. The van der Waals surface area contributed by atoms with Gasteiger partial charge in [0.25, 0.3) is 0 Å². The lowest BCUT2D eigenvalue weighted by molar-refractivity contribution is 0.357. The predicted octanol–water partition coefficient (Wildman–Crippen LogP) is 2.57. The van der Waals surface area contributed by atoms with Crippen molar-refractivity contribution in [2.45, 2.75) is 17.8 Å². The molecule has 0 heterocycles. The first-order valence-corrected chi connectivity index (χ1v) is 4.47. The quantitative estimate of drug-likeness (QED) is 0.565. The molecule has 0 radical (unpaired) electrons. The minimum absolute atomic E-state index is 0.339. The third-order valence-electron chi connectivity index (χ3n) is 1.81. The minimum Gasteiger partial charge on any atom is -0.241 e. The van der Waals surface area contributed by atoms with Crippen LogP contribution in [0.4, 0.5) is 4.39 Å². The second-order valence-electron chi connectivity index (χ2n) is 2.53. The van der Waals surface area contributed by atoms with Gasteiger partial charge in [-0.05, 0) is 19.3 Å². The van der Waals surface area contributed by atoms with Crippen molar-refractivity contribution in [1.29, 1.82) is 0 Å². The summed E-state index contributed by atoms with van der Waals surface area (Å²) in [6.07, 6.45) is 8.23. The average Bonchev–Trinajstić information content (AvgIpc) is 1.96. The Labute approximate surface area is 65.2 Å². The standard InChI is InChI=1S/C8H11FS/c1-8(10-2)6-4-3-5-7(8)9/h3-7H,1-2H3. The minimum atomic E-state index is -0.840. The Bertz CT molecular complexity index is 174. The Hall–Kier alpha value is -0.240. The van der Waals surface area contributed by atoms with E-state index in [-0.39, 0.29) is 4.75 Å². The Morgan fingerprint density at radius 1 is 1.50 bits per heavy atom.